The molecule has 1 heterocycles. The first-order valence-electron chi connectivity index (χ1n) is 18.0. The SMILES string of the molecule is C=CC(=C)C(C=CCC)c1ccc(/C(S)=C/C=C(\C)C2=CCc3c(c(CCCCCC)c4ccccc4c3CCCCCC)C=C2)s1. The average molecular weight is 661 g/mol. The number of hydrogen-bond donors (Lipinski definition) is 1. The standard InChI is InChI=1S/C45H56S2/c1-7-11-14-16-21-39-37-23-18-19-24-38(37)40(22-17-15-12-8-2)42-29-27-35(26-28-41(39)42)34(6)25-30-43(46)45-32-31-44(47-45)36(20-13-9-3)33(5)10-4/h10,13,18-20,23-28,30-32,36,46H,4-5,7-9,11-12,14-17,21-22,29H2,1-3,6H3/b20-13?,34-25+,43-30-. The summed E-state index contributed by atoms with van der Waals surface area (Å²) in [4.78, 5) is 3.43. The van der Waals surface area contributed by atoms with Gasteiger partial charge in [-0.1, -0.05) is 139 Å². The monoisotopic (exact) mass is 660 g/mol. The molecule has 0 N–H and O–H groups in total. The van der Waals surface area contributed by atoms with Crippen LogP contribution >= 0.6 is 24.0 Å². The van der Waals surface area contributed by atoms with Gasteiger partial charge in [0.05, 0.1) is 0 Å². The Labute approximate surface area is 295 Å². The number of allylic oxidation sites excluding steroid dienone is 10. The fourth-order valence-electron chi connectivity index (χ4n) is 6.69. The van der Waals surface area contributed by atoms with E-state index in [9.17, 15) is 0 Å². The minimum Gasteiger partial charge on any atom is -0.142 e. The Kier molecular flexibility index (Phi) is 14.9. The van der Waals surface area contributed by atoms with Crippen molar-refractivity contribution in [3.05, 3.63) is 141 Å². The van der Waals surface area contributed by atoms with E-state index in [0.717, 1.165) is 36.2 Å². The normalized spacial score (nSPS) is 14.4. The van der Waals surface area contributed by atoms with Crippen LogP contribution in [-0.2, 0) is 19.3 Å². The molecule has 0 spiro atoms. The molecule has 0 radical (unpaired) electrons. The summed E-state index contributed by atoms with van der Waals surface area (Å²) in [6, 6.07) is 13.6. The van der Waals surface area contributed by atoms with Crippen molar-refractivity contribution < 1.29 is 0 Å². The van der Waals surface area contributed by atoms with E-state index in [-0.39, 0.29) is 5.92 Å². The Morgan fingerprint density at radius 2 is 1.55 bits per heavy atom. The molecule has 0 saturated carbocycles. The number of hydrogen-bond acceptors (Lipinski definition) is 2. The molecule has 3 aromatic rings. The highest BCUT2D eigenvalue weighted by atomic mass is 32.1. The quantitative estimate of drug-likeness (QED) is 0.0597. The predicted octanol–water partition coefficient (Wildman–Crippen LogP) is 14.4. The lowest BCUT2D eigenvalue weighted by molar-refractivity contribution is 0.664. The summed E-state index contributed by atoms with van der Waals surface area (Å²) in [5.74, 6) is 0.164. The lowest BCUT2D eigenvalue weighted by atomic mass is 9.84. The molecule has 0 bridgehead atoms. The highest BCUT2D eigenvalue weighted by molar-refractivity contribution is 7.90. The highest BCUT2D eigenvalue weighted by Gasteiger charge is 2.19. The van der Waals surface area contributed by atoms with Gasteiger partial charge in [-0.15, -0.1) is 24.0 Å². The van der Waals surface area contributed by atoms with Crippen molar-refractivity contribution >= 4 is 45.7 Å². The van der Waals surface area contributed by atoms with Gasteiger partial charge >= 0.3 is 0 Å². The van der Waals surface area contributed by atoms with E-state index in [1.54, 1.807) is 28.0 Å². The summed E-state index contributed by atoms with van der Waals surface area (Å²) >= 11 is 6.72. The van der Waals surface area contributed by atoms with E-state index in [4.69, 9.17) is 12.6 Å². The largest absolute Gasteiger partial charge is 0.142 e. The predicted molar refractivity (Wildman–Crippen MR) is 217 cm³/mol. The Balaban J connectivity index is 1.65. The molecule has 248 valence electrons. The Morgan fingerprint density at radius 3 is 2.21 bits per heavy atom. The maximum atomic E-state index is 4.93. The summed E-state index contributed by atoms with van der Waals surface area (Å²) in [5.41, 5.74) is 9.75. The van der Waals surface area contributed by atoms with Crippen LogP contribution in [0.1, 0.15) is 123 Å². The molecule has 1 aliphatic carbocycles. The maximum Gasteiger partial charge on any atom is 0.0406 e. The Hall–Kier alpha value is -3.07. The molecular formula is C45H56S2. The molecule has 0 aliphatic heterocycles. The Morgan fingerprint density at radius 1 is 0.872 bits per heavy atom. The third-order valence-corrected chi connectivity index (χ3v) is 11.2. The van der Waals surface area contributed by atoms with Gasteiger partial charge in [-0.05, 0) is 113 Å². The second kappa shape index (κ2) is 19.1. The van der Waals surface area contributed by atoms with Crippen LogP contribution in [0, 0.1) is 0 Å². The van der Waals surface area contributed by atoms with Crippen molar-refractivity contribution in [2.75, 3.05) is 0 Å². The lowest BCUT2D eigenvalue weighted by Gasteiger charge is -2.20. The number of rotatable bonds is 18. The van der Waals surface area contributed by atoms with E-state index in [0.29, 0.717) is 0 Å². The number of unbranched alkanes of at least 4 members (excludes halogenated alkanes) is 6. The van der Waals surface area contributed by atoms with E-state index in [1.165, 1.54) is 88.6 Å². The zero-order valence-corrected chi connectivity index (χ0v) is 31.1. The van der Waals surface area contributed by atoms with Crippen LogP contribution in [0.15, 0.2) is 109 Å². The van der Waals surface area contributed by atoms with Gasteiger partial charge in [0, 0.05) is 20.6 Å². The van der Waals surface area contributed by atoms with Crippen molar-refractivity contribution in [3.63, 3.8) is 0 Å². The molecule has 2 aromatic carbocycles. The zero-order valence-electron chi connectivity index (χ0n) is 29.4. The van der Waals surface area contributed by atoms with E-state index in [2.05, 4.69) is 120 Å². The third-order valence-electron chi connectivity index (χ3n) is 9.47. The molecule has 47 heavy (non-hydrogen) atoms. The molecule has 1 aliphatic rings. The fourth-order valence-corrected chi connectivity index (χ4v) is 8.04. The lowest BCUT2D eigenvalue weighted by Crippen LogP contribution is -2.04. The van der Waals surface area contributed by atoms with Gasteiger partial charge in [0.25, 0.3) is 0 Å². The molecule has 0 nitrogen and oxygen atoms in total. The van der Waals surface area contributed by atoms with Crippen molar-refractivity contribution in [1.82, 2.24) is 0 Å². The van der Waals surface area contributed by atoms with Crippen LogP contribution in [-0.4, -0.2) is 0 Å². The van der Waals surface area contributed by atoms with Crippen LogP contribution in [0.3, 0.4) is 0 Å². The first kappa shape index (κ1) is 36.8. The number of thiol groups is 1. The fraction of sp³-hybridized carbons (Fsp3) is 0.378. The zero-order chi connectivity index (χ0) is 33.6. The first-order valence-corrected chi connectivity index (χ1v) is 19.3. The molecule has 0 amide bonds. The van der Waals surface area contributed by atoms with Gasteiger partial charge in [0.15, 0.2) is 0 Å². The van der Waals surface area contributed by atoms with Crippen LogP contribution < -0.4 is 0 Å². The molecule has 1 atom stereocenters. The molecule has 1 aromatic heterocycles. The summed E-state index contributed by atoms with van der Waals surface area (Å²) in [6.07, 6.45) is 32.6. The van der Waals surface area contributed by atoms with E-state index >= 15 is 0 Å². The third kappa shape index (κ3) is 9.74. The van der Waals surface area contributed by atoms with Gasteiger partial charge in [0.1, 0.15) is 0 Å². The maximum absolute atomic E-state index is 4.93. The molecular weight excluding hydrogens is 605 g/mol. The number of fused-ring (bicyclic) bond motifs is 2. The topological polar surface area (TPSA) is 0 Å². The summed E-state index contributed by atoms with van der Waals surface area (Å²) in [7, 11) is 0. The first-order chi connectivity index (χ1) is 22.9. The molecule has 0 fully saturated rings. The smallest absolute Gasteiger partial charge is 0.0406 e. The second-order valence-corrected chi connectivity index (χ2v) is 14.5. The summed E-state index contributed by atoms with van der Waals surface area (Å²) < 4.78 is 0. The van der Waals surface area contributed by atoms with E-state index in [1.807, 2.05) is 6.08 Å². The highest BCUT2D eigenvalue weighted by Crippen LogP contribution is 2.38. The van der Waals surface area contributed by atoms with Crippen molar-refractivity contribution in [3.8, 4) is 0 Å². The molecule has 2 heteroatoms. The van der Waals surface area contributed by atoms with Gasteiger partial charge in [-0.3, -0.25) is 0 Å². The second-order valence-electron chi connectivity index (χ2n) is 12.9. The van der Waals surface area contributed by atoms with Crippen LogP contribution in [0.5, 0.6) is 0 Å². The van der Waals surface area contributed by atoms with Crippen molar-refractivity contribution in [2.24, 2.45) is 0 Å². The Bertz CT molecular complexity index is 1670. The van der Waals surface area contributed by atoms with Crippen molar-refractivity contribution in [1.29, 1.82) is 0 Å². The number of aryl methyl sites for hydroxylation is 2. The van der Waals surface area contributed by atoms with Gasteiger partial charge < -0.3 is 0 Å². The van der Waals surface area contributed by atoms with Crippen LogP contribution in [0.4, 0.5) is 0 Å². The van der Waals surface area contributed by atoms with Crippen LogP contribution in [0.25, 0.3) is 21.8 Å². The number of thiophene rings is 1. The minimum atomic E-state index is 0.164. The molecule has 0 saturated heterocycles. The summed E-state index contributed by atoms with van der Waals surface area (Å²) in [5, 5.41) is 2.95. The summed E-state index contributed by atoms with van der Waals surface area (Å²) in [6.45, 7) is 17.2. The van der Waals surface area contributed by atoms with Gasteiger partial charge in [-0.25, -0.2) is 0 Å². The molecule has 4 rings (SSSR count). The number of benzene rings is 2. The minimum absolute atomic E-state index is 0.164. The van der Waals surface area contributed by atoms with E-state index < -0.39 is 0 Å². The van der Waals surface area contributed by atoms with Gasteiger partial charge in [-0.2, -0.15) is 0 Å². The van der Waals surface area contributed by atoms with Gasteiger partial charge in [0.2, 0.25) is 0 Å². The van der Waals surface area contributed by atoms with Crippen molar-refractivity contribution in [2.45, 2.75) is 111 Å². The average Bonchev–Trinajstić information content (AvgIpc) is 3.47. The van der Waals surface area contributed by atoms with Crippen LogP contribution in [0.2, 0.25) is 0 Å². The molecule has 1 unspecified atom stereocenters.